The minimum atomic E-state index is -0.661. The van der Waals surface area contributed by atoms with E-state index in [2.05, 4.69) is 25.3 Å². The number of nitrogens with two attached hydrogens (primary N) is 1. The van der Waals surface area contributed by atoms with Crippen molar-refractivity contribution in [2.75, 3.05) is 12.4 Å². The number of benzene rings is 1. The summed E-state index contributed by atoms with van der Waals surface area (Å²) in [5, 5.41) is 2.91. The van der Waals surface area contributed by atoms with Crippen LogP contribution in [0.5, 0.6) is 5.75 Å². The van der Waals surface area contributed by atoms with Crippen molar-refractivity contribution in [1.29, 1.82) is 0 Å². The van der Waals surface area contributed by atoms with Crippen molar-refractivity contribution in [3.63, 3.8) is 0 Å². The summed E-state index contributed by atoms with van der Waals surface area (Å²) in [6.45, 7) is 0. The van der Waals surface area contributed by atoms with Gasteiger partial charge in [-0.1, -0.05) is 29.3 Å². The summed E-state index contributed by atoms with van der Waals surface area (Å²) in [5.41, 5.74) is 6.90. The lowest BCUT2D eigenvalue weighted by Crippen LogP contribution is -2.18. The van der Waals surface area contributed by atoms with Gasteiger partial charge in [-0.3, -0.25) is 4.79 Å². The van der Waals surface area contributed by atoms with E-state index in [1.54, 1.807) is 19.4 Å². The summed E-state index contributed by atoms with van der Waals surface area (Å²) in [6.07, 6.45) is 2.39. The summed E-state index contributed by atoms with van der Waals surface area (Å²) in [7, 11) is 1.57. The van der Waals surface area contributed by atoms with Crippen LogP contribution >= 0.6 is 34.8 Å². The van der Waals surface area contributed by atoms with Gasteiger partial charge < -0.3 is 20.8 Å². The van der Waals surface area contributed by atoms with Crippen LogP contribution in [0.1, 0.15) is 33.7 Å². The topological polar surface area (TPSA) is 119 Å². The first-order chi connectivity index (χ1) is 13.9. The normalized spacial score (nSPS) is 11.9. The number of alkyl halides is 1. The number of carbonyl (C=O) groups is 1. The van der Waals surface area contributed by atoms with Gasteiger partial charge in [-0.05, 0) is 25.0 Å². The number of ether oxygens (including phenoxy) is 1. The number of H-pyrrole nitrogens is 1. The molecule has 11 heteroatoms. The Balaban J connectivity index is 1.74. The molecule has 29 heavy (non-hydrogen) atoms. The van der Waals surface area contributed by atoms with Gasteiger partial charge in [0.1, 0.15) is 22.4 Å². The fourth-order valence-corrected chi connectivity index (χ4v) is 3.10. The second-order valence-corrected chi connectivity index (χ2v) is 7.28. The Bertz CT molecular complexity index is 1010. The Labute approximate surface area is 181 Å². The SMILES string of the molecule is COc1cccc(Nc2ncc(CCC(Cl)c3nc(Cl)c(Cl)[nH]3)c(C(N)=O)n2)c1. The van der Waals surface area contributed by atoms with Gasteiger partial charge in [0.15, 0.2) is 5.15 Å². The lowest BCUT2D eigenvalue weighted by molar-refractivity contribution is 0.0994. The zero-order valence-electron chi connectivity index (χ0n) is 15.2. The predicted octanol–water partition coefficient (Wildman–Crippen LogP) is 4.27. The molecule has 0 bridgehead atoms. The van der Waals surface area contributed by atoms with Crippen LogP contribution in [0.3, 0.4) is 0 Å². The van der Waals surface area contributed by atoms with Gasteiger partial charge in [-0.15, -0.1) is 11.6 Å². The Morgan fingerprint density at radius 2 is 2.14 bits per heavy atom. The number of imidazole rings is 1. The Kier molecular flexibility index (Phi) is 6.79. The van der Waals surface area contributed by atoms with Crippen molar-refractivity contribution in [2.45, 2.75) is 18.2 Å². The van der Waals surface area contributed by atoms with Crippen LogP contribution in [-0.4, -0.2) is 33.0 Å². The first-order valence-electron chi connectivity index (χ1n) is 8.49. The number of aryl methyl sites for hydroxylation is 1. The summed E-state index contributed by atoms with van der Waals surface area (Å²) in [5.74, 6) is 0.696. The number of rotatable bonds is 8. The molecule has 0 radical (unpaired) electrons. The third-order valence-electron chi connectivity index (χ3n) is 4.03. The number of nitrogens with zero attached hydrogens (tertiary/aromatic N) is 3. The Morgan fingerprint density at radius 3 is 2.79 bits per heavy atom. The molecule has 1 unspecified atom stereocenters. The van der Waals surface area contributed by atoms with E-state index in [4.69, 9.17) is 45.3 Å². The molecule has 1 atom stereocenters. The summed E-state index contributed by atoms with van der Waals surface area (Å²) in [6, 6.07) is 7.23. The zero-order chi connectivity index (χ0) is 21.0. The average molecular weight is 456 g/mol. The maximum atomic E-state index is 11.9. The van der Waals surface area contributed by atoms with Gasteiger partial charge in [0.2, 0.25) is 5.95 Å². The number of methoxy groups -OCH3 is 1. The van der Waals surface area contributed by atoms with E-state index in [1.807, 2.05) is 18.2 Å². The number of aromatic amines is 1. The van der Waals surface area contributed by atoms with Crippen LogP contribution in [0.4, 0.5) is 11.6 Å². The molecule has 3 aromatic rings. The molecule has 4 N–H and O–H groups in total. The average Bonchev–Trinajstić information content (AvgIpc) is 3.05. The molecule has 2 aromatic heterocycles. The standard InChI is InChI=1S/C18H17Cl3N6O2/c1-29-11-4-2-3-10(7-11)24-18-23-8-9(13(25-18)16(22)28)5-6-12(19)17-26-14(20)15(21)27-17/h2-4,7-8,12H,5-6H2,1H3,(H2,22,28)(H,26,27)(H,23,24,25). The first-order valence-corrected chi connectivity index (χ1v) is 9.68. The maximum absolute atomic E-state index is 11.9. The maximum Gasteiger partial charge on any atom is 0.267 e. The summed E-state index contributed by atoms with van der Waals surface area (Å²) in [4.78, 5) is 27.3. The molecule has 152 valence electrons. The van der Waals surface area contributed by atoms with Crippen LogP contribution in [0.25, 0.3) is 0 Å². The van der Waals surface area contributed by atoms with Crippen molar-refractivity contribution in [3.05, 3.63) is 57.9 Å². The highest BCUT2D eigenvalue weighted by Gasteiger charge is 2.18. The van der Waals surface area contributed by atoms with Gasteiger partial charge in [0, 0.05) is 23.5 Å². The van der Waals surface area contributed by atoms with Crippen molar-refractivity contribution in [2.24, 2.45) is 5.73 Å². The first kappa shape index (κ1) is 21.2. The van der Waals surface area contributed by atoms with Crippen molar-refractivity contribution in [1.82, 2.24) is 19.9 Å². The smallest absolute Gasteiger partial charge is 0.267 e. The molecule has 0 aliphatic carbocycles. The van der Waals surface area contributed by atoms with E-state index in [-0.39, 0.29) is 21.9 Å². The number of aromatic nitrogens is 4. The van der Waals surface area contributed by atoms with Gasteiger partial charge in [-0.25, -0.2) is 15.0 Å². The van der Waals surface area contributed by atoms with Gasteiger partial charge >= 0.3 is 0 Å². The van der Waals surface area contributed by atoms with Gasteiger partial charge in [-0.2, -0.15) is 0 Å². The number of hydrogen-bond donors (Lipinski definition) is 3. The van der Waals surface area contributed by atoms with Crippen LogP contribution in [0.15, 0.2) is 30.5 Å². The molecule has 0 aliphatic rings. The molecule has 0 fully saturated rings. The summed E-state index contributed by atoms with van der Waals surface area (Å²) >= 11 is 18.0. The number of amides is 1. The molecule has 0 saturated heterocycles. The van der Waals surface area contributed by atoms with E-state index in [1.165, 1.54) is 0 Å². The molecule has 3 rings (SSSR count). The van der Waals surface area contributed by atoms with Crippen LogP contribution in [0.2, 0.25) is 10.3 Å². The lowest BCUT2D eigenvalue weighted by Gasteiger charge is -2.11. The number of nitrogens with one attached hydrogen (secondary N) is 2. The molecule has 8 nitrogen and oxygen atoms in total. The predicted molar refractivity (Wildman–Crippen MR) is 112 cm³/mol. The highest BCUT2D eigenvalue weighted by atomic mass is 35.5. The molecule has 0 saturated carbocycles. The number of anilines is 2. The highest BCUT2D eigenvalue weighted by Crippen LogP contribution is 2.28. The number of hydrogen-bond acceptors (Lipinski definition) is 6. The van der Waals surface area contributed by atoms with Crippen LogP contribution in [0, 0.1) is 0 Å². The minimum Gasteiger partial charge on any atom is -0.497 e. The lowest BCUT2D eigenvalue weighted by atomic mass is 10.1. The van der Waals surface area contributed by atoms with Gasteiger partial charge in [0.25, 0.3) is 5.91 Å². The van der Waals surface area contributed by atoms with Crippen LogP contribution in [-0.2, 0) is 6.42 Å². The number of primary amides is 1. The van der Waals surface area contributed by atoms with Crippen molar-refractivity contribution >= 4 is 52.3 Å². The fraction of sp³-hybridized carbons (Fsp3) is 0.222. The quantitative estimate of drug-likeness (QED) is 0.436. The highest BCUT2D eigenvalue weighted by molar-refractivity contribution is 6.40. The van der Waals surface area contributed by atoms with E-state index in [0.29, 0.717) is 35.7 Å². The largest absolute Gasteiger partial charge is 0.497 e. The zero-order valence-corrected chi connectivity index (χ0v) is 17.5. The van der Waals surface area contributed by atoms with Crippen molar-refractivity contribution in [3.8, 4) is 5.75 Å². The number of halogens is 3. The molecular weight excluding hydrogens is 439 g/mol. The third-order valence-corrected chi connectivity index (χ3v) is 5.09. The van der Waals surface area contributed by atoms with Gasteiger partial charge in [0.05, 0.1) is 12.5 Å². The summed E-state index contributed by atoms with van der Waals surface area (Å²) < 4.78 is 5.18. The van der Waals surface area contributed by atoms with E-state index in [9.17, 15) is 4.79 Å². The molecule has 1 aromatic carbocycles. The van der Waals surface area contributed by atoms with E-state index in [0.717, 1.165) is 0 Å². The molecule has 0 spiro atoms. The second kappa shape index (κ2) is 9.30. The van der Waals surface area contributed by atoms with E-state index < -0.39 is 11.3 Å². The molecule has 0 aliphatic heterocycles. The molecule has 2 heterocycles. The van der Waals surface area contributed by atoms with Crippen molar-refractivity contribution < 1.29 is 9.53 Å². The monoisotopic (exact) mass is 454 g/mol. The fourth-order valence-electron chi connectivity index (χ4n) is 2.61. The molecular formula is C18H17Cl3N6O2. The molecule has 1 amide bonds. The Morgan fingerprint density at radius 1 is 1.34 bits per heavy atom. The Hall–Kier alpha value is -2.55. The van der Waals surface area contributed by atoms with E-state index >= 15 is 0 Å². The number of carbonyl (C=O) groups excluding carboxylic acids is 1. The third kappa shape index (κ3) is 5.29. The van der Waals surface area contributed by atoms with Crippen LogP contribution < -0.4 is 15.8 Å². The minimum absolute atomic E-state index is 0.116. The second-order valence-electron chi connectivity index (χ2n) is 6.02.